The molecule has 21 heavy (non-hydrogen) atoms. The van der Waals surface area contributed by atoms with E-state index in [1.165, 1.54) is 12.1 Å². The summed E-state index contributed by atoms with van der Waals surface area (Å²) in [6.45, 7) is 4.66. The number of aryl methyl sites for hydroxylation is 1. The molecule has 1 saturated heterocycles. The lowest BCUT2D eigenvalue weighted by Gasteiger charge is -2.30. The minimum absolute atomic E-state index is 0. The number of carbonyl (C=O) groups is 1. The first-order valence-corrected chi connectivity index (χ1v) is 6.78. The van der Waals surface area contributed by atoms with Crippen LogP contribution in [0.5, 0.6) is 0 Å². The van der Waals surface area contributed by atoms with Gasteiger partial charge in [0.1, 0.15) is 0 Å². The maximum atomic E-state index is 12.2. The zero-order valence-corrected chi connectivity index (χ0v) is 12.9. The van der Waals surface area contributed by atoms with Gasteiger partial charge in [-0.2, -0.15) is 0 Å². The van der Waals surface area contributed by atoms with Crippen LogP contribution >= 0.6 is 12.4 Å². The Labute approximate surface area is 129 Å². The number of rotatable bonds is 3. The summed E-state index contributed by atoms with van der Waals surface area (Å²) in [5.41, 5.74) is 0.998. The van der Waals surface area contributed by atoms with Crippen LogP contribution in [0.25, 0.3) is 0 Å². The summed E-state index contributed by atoms with van der Waals surface area (Å²) in [7, 11) is 0. The third kappa shape index (κ3) is 4.15. The second-order valence-corrected chi connectivity index (χ2v) is 5.22. The van der Waals surface area contributed by atoms with E-state index in [9.17, 15) is 14.9 Å². The molecule has 1 fully saturated rings. The lowest BCUT2D eigenvalue weighted by molar-refractivity contribution is -0.385. The summed E-state index contributed by atoms with van der Waals surface area (Å²) in [6.07, 6.45) is 1.99. The fraction of sp³-hybridized carbons (Fsp3) is 0.500. The molecular weight excluding hydrogens is 294 g/mol. The average molecular weight is 314 g/mol. The normalized spacial score (nSPS) is 21.2. The molecule has 1 heterocycles. The largest absolute Gasteiger partial charge is 0.348 e. The molecule has 116 valence electrons. The molecule has 0 aromatic heterocycles. The number of hydrogen-bond acceptors (Lipinski definition) is 4. The molecule has 2 N–H and O–H groups in total. The number of halogens is 1. The van der Waals surface area contributed by atoms with Crippen molar-refractivity contribution in [2.75, 3.05) is 6.54 Å². The zero-order valence-electron chi connectivity index (χ0n) is 12.1. The van der Waals surface area contributed by atoms with Crippen LogP contribution in [0, 0.1) is 17.0 Å². The number of amides is 1. The fourth-order valence-electron chi connectivity index (χ4n) is 2.49. The Morgan fingerprint density at radius 1 is 1.48 bits per heavy atom. The van der Waals surface area contributed by atoms with Gasteiger partial charge in [0.2, 0.25) is 0 Å². The van der Waals surface area contributed by atoms with Crippen LogP contribution in [0.4, 0.5) is 5.69 Å². The Hall–Kier alpha value is -1.66. The summed E-state index contributed by atoms with van der Waals surface area (Å²) >= 11 is 0. The van der Waals surface area contributed by atoms with Crippen molar-refractivity contribution in [3.8, 4) is 0 Å². The van der Waals surface area contributed by atoms with E-state index in [1.807, 2.05) is 6.92 Å². The number of piperidine rings is 1. The van der Waals surface area contributed by atoms with Crippen molar-refractivity contribution in [3.05, 3.63) is 39.4 Å². The summed E-state index contributed by atoms with van der Waals surface area (Å²) in [6, 6.07) is 4.79. The molecule has 1 aromatic rings. The van der Waals surface area contributed by atoms with Crippen LogP contribution in [-0.4, -0.2) is 29.5 Å². The van der Waals surface area contributed by atoms with Crippen molar-refractivity contribution in [1.29, 1.82) is 0 Å². The quantitative estimate of drug-likeness (QED) is 0.662. The van der Waals surface area contributed by atoms with Crippen molar-refractivity contribution in [2.45, 2.75) is 38.8 Å². The molecular formula is C14H20ClN3O3. The van der Waals surface area contributed by atoms with Crippen molar-refractivity contribution < 1.29 is 9.72 Å². The van der Waals surface area contributed by atoms with Crippen LogP contribution in [0.2, 0.25) is 0 Å². The highest BCUT2D eigenvalue weighted by atomic mass is 35.5. The van der Waals surface area contributed by atoms with Crippen LogP contribution in [0.3, 0.4) is 0 Å². The van der Waals surface area contributed by atoms with Crippen LogP contribution < -0.4 is 10.6 Å². The van der Waals surface area contributed by atoms with Gasteiger partial charge < -0.3 is 10.6 Å². The van der Waals surface area contributed by atoms with E-state index >= 15 is 0 Å². The summed E-state index contributed by atoms with van der Waals surface area (Å²) in [5, 5.41) is 17.1. The lowest BCUT2D eigenvalue weighted by atomic mass is 9.99. The maximum Gasteiger partial charge on any atom is 0.272 e. The third-order valence-corrected chi connectivity index (χ3v) is 3.73. The van der Waals surface area contributed by atoms with Crippen molar-refractivity contribution in [3.63, 3.8) is 0 Å². The number of carbonyl (C=O) groups excluding carboxylic acids is 1. The number of nitrogens with zero attached hydrogens (tertiary/aromatic N) is 1. The van der Waals surface area contributed by atoms with Gasteiger partial charge in [0.15, 0.2) is 0 Å². The van der Waals surface area contributed by atoms with Crippen molar-refractivity contribution >= 4 is 24.0 Å². The molecule has 0 aliphatic carbocycles. The molecule has 1 amide bonds. The summed E-state index contributed by atoms with van der Waals surface area (Å²) in [5.74, 6) is -0.177. The SMILES string of the molecule is Cc1cc(C(=O)NC2CCCNC2C)ccc1[N+](=O)[O-].Cl. The van der Waals surface area contributed by atoms with Crippen LogP contribution in [0.15, 0.2) is 18.2 Å². The predicted octanol–water partition coefficient (Wildman–Crippen LogP) is 2.20. The highest BCUT2D eigenvalue weighted by Gasteiger charge is 2.23. The lowest BCUT2D eigenvalue weighted by Crippen LogP contribution is -2.51. The highest BCUT2D eigenvalue weighted by Crippen LogP contribution is 2.19. The number of nitro groups is 1. The molecule has 2 rings (SSSR count). The van der Waals surface area contributed by atoms with E-state index in [0.717, 1.165) is 19.4 Å². The first-order valence-electron chi connectivity index (χ1n) is 6.78. The molecule has 1 aromatic carbocycles. The Morgan fingerprint density at radius 2 is 2.19 bits per heavy atom. The van der Waals surface area contributed by atoms with E-state index < -0.39 is 4.92 Å². The number of benzene rings is 1. The Kier molecular flexibility index (Phi) is 6.11. The van der Waals surface area contributed by atoms with Crippen molar-refractivity contribution in [2.24, 2.45) is 0 Å². The third-order valence-electron chi connectivity index (χ3n) is 3.73. The first-order chi connectivity index (χ1) is 9.49. The number of hydrogen-bond donors (Lipinski definition) is 2. The van der Waals surface area contributed by atoms with Gasteiger partial charge in [-0.1, -0.05) is 0 Å². The second-order valence-electron chi connectivity index (χ2n) is 5.22. The van der Waals surface area contributed by atoms with Gasteiger partial charge in [0.05, 0.1) is 4.92 Å². The molecule has 2 unspecified atom stereocenters. The van der Waals surface area contributed by atoms with E-state index in [4.69, 9.17) is 0 Å². The van der Waals surface area contributed by atoms with Gasteiger partial charge in [-0.3, -0.25) is 14.9 Å². The van der Waals surface area contributed by atoms with E-state index in [0.29, 0.717) is 11.1 Å². The first kappa shape index (κ1) is 17.4. The molecule has 1 aliphatic heterocycles. The van der Waals surface area contributed by atoms with Gasteiger partial charge in [-0.25, -0.2) is 0 Å². The van der Waals surface area contributed by atoms with E-state index in [2.05, 4.69) is 10.6 Å². The smallest absolute Gasteiger partial charge is 0.272 e. The Balaban J connectivity index is 0.00000220. The van der Waals surface area contributed by atoms with E-state index in [1.54, 1.807) is 13.0 Å². The molecule has 7 heteroatoms. The minimum Gasteiger partial charge on any atom is -0.348 e. The zero-order chi connectivity index (χ0) is 14.7. The standard InChI is InChI=1S/C14H19N3O3.ClH/c1-9-8-11(5-6-13(9)17(19)20)14(18)16-12-4-3-7-15-10(12)2;/h5-6,8,10,12,15H,3-4,7H2,1-2H3,(H,16,18);1H. The molecule has 0 radical (unpaired) electrons. The van der Waals surface area contributed by atoms with Gasteiger partial charge >= 0.3 is 0 Å². The molecule has 1 aliphatic rings. The molecule has 0 saturated carbocycles. The van der Waals surface area contributed by atoms with Crippen molar-refractivity contribution in [1.82, 2.24) is 10.6 Å². The maximum absolute atomic E-state index is 12.2. The monoisotopic (exact) mass is 313 g/mol. The number of nitro benzene ring substituents is 1. The second kappa shape index (κ2) is 7.38. The van der Waals surface area contributed by atoms with Gasteiger partial charge in [-0.15, -0.1) is 12.4 Å². The summed E-state index contributed by atoms with van der Waals surface area (Å²) in [4.78, 5) is 22.5. The fourth-order valence-corrected chi connectivity index (χ4v) is 2.49. The molecule has 0 bridgehead atoms. The van der Waals surface area contributed by atoms with Gasteiger partial charge in [0.25, 0.3) is 11.6 Å². The average Bonchev–Trinajstić information content (AvgIpc) is 2.40. The molecule has 2 atom stereocenters. The minimum atomic E-state index is -0.440. The highest BCUT2D eigenvalue weighted by molar-refractivity contribution is 5.95. The Bertz CT molecular complexity index is 536. The predicted molar refractivity (Wildman–Crippen MR) is 83.0 cm³/mol. The number of nitrogens with one attached hydrogen (secondary N) is 2. The Morgan fingerprint density at radius 3 is 2.76 bits per heavy atom. The van der Waals surface area contributed by atoms with Gasteiger partial charge in [-0.05, 0) is 45.4 Å². The van der Waals surface area contributed by atoms with Gasteiger partial charge in [0, 0.05) is 29.3 Å². The van der Waals surface area contributed by atoms with Crippen LogP contribution in [0.1, 0.15) is 35.7 Å². The van der Waals surface area contributed by atoms with Crippen LogP contribution in [-0.2, 0) is 0 Å². The van der Waals surface area contributed by atoms with E-state index in [-0.39, 0.29) is 36.1 Å². The molecule has 6 nitrogen and oxygen atoms in total. The topological polar surface area (TPSA) is 84.3 Å². The molecule has 0 spiro atoms. The summed E-state index contributed by atoms with van der Waals surface area (Å²) < 4.78 is 0.